The largest absolute Gasteiger partial charge is 0.463 e. The molecule has 30 heavy (non-hydrogen) atoms. The predicted octanol–water partition coefficient (Wildman–Crippen LogP) is 3.22. The number of para-hydroxylation sites is 1. The number of H-pyrrole nitrogens is 1. The summed E-state index contributed by atoms with van der Waals surface area (Å²) in [4.78, 5) is 27.6. The van der Waals surface area contributed by atoms with Gasteiger partial charge in [-0.25, -0.2) is 9.59 Å². The molecule has 1 aromatic carbocycles. The molecule has 0 fully saturated rings. The Balaban J connectivity index is 1.56. The summed E-state index contributed by atoms with van der Waals surface area (Å²) in [5.41, 5.74) is 2.70. The Morgan fingerprint density at radius 2 is 2.10 bits per heavy atom. The van der Waals surface area contributed by atoms with Gasteiger partial charge >= 0.3 is 12.0 Å². The maximum atomic E-state index is 12.4. The van der Waals surface area contributed by atoms with Crippen LogP contribution in [0.25, 0.3) is 22.4 Å². The van der Waals surface area contributed by atoms with E-state index < -0.39 is 12.0 Å². The third kappa shape index (κ3) is 3.90. The van der Waals surface area contributed by atoms with E-state index in [2.05, 4.69) is 25.8 Å². The molecule has 156 valence electrons. The Hall–Kier alpha value is -3.27. The Morgan fingerprint density at radius 1 is 1.27 bits per heavy atom. The van der Waals surface area contributed by atoms with E-state index in [1.807, 2.05) is 37.4 Å². The average molecular weight is 427 g/mol. The van der Waals surface area contributed by atoms with Crippen molar-refractivity contribution in [2.45, 2.75) is 31.5 Å². The fourth-order valence-corrected chi connectivity index (χ4v) is 4.07. The Labute approximate surface area is 176 Å². The van der Waals surface area contributed by atoms with Crippen LogP contribution < -0.4 is 10.6 Å². The topological polar surface area (TPSA) is 122 Å². The van der Waals surface area contributed by atoms with E-state index >= 15 is 0 Å². The second-order valence-electron chi connectivity index (χ2n) is 6.58. The van der Waals surface area contributed by atoms with E-state index in [-0.39, 0.29) is 18.4 Å². The minimum Gasteiger partial charge on any atom is -0.463 e. The van der Waals surface area contributed by atoms with Gasteiger partial charge in [-0.2, -0.15) is 0 Å². The second kappa shape index (κ2) is 8.62. The number of esters is 1. The van der Waals surface area contributed by atoms with Gasteiger partial charge in [-0.3, -0.25) is 0 Å². The van der Waals surface area contributed by atoms with Gasteiger partial charge in [0.25, 0.3) is 11.1 Å². The number of amides is 2. The number of ether oxygens (including phenoxy) is 1. The van der Waals surface area contributed by atoms with Crippen LogP contribution in [0.1, 0.15) is 20.3 Å². The van der Waals surface area contributed by atoms with E-state index in [0.29, 0.717) is 28.8 Å². The molecule has 10 heteroatoms. The van der Waals surface area contributed by atoms with Gasteiger partial charge in [-0.1, -0.05) is 36.9 Å². The zero-order chi connectivity index (χ0) is 21.1. The van der Waals surface area contributed by atoms with Gasteiger partial charge in [0.15, 0.2) is 0 Å². The van der Waals surface area contributed by atoms with Gasteiger partial charge in [0.1, 0.15) is 0 Å². The van der Waals surface area contributed by atoms with Crippen molar-refractivity contribution >= 4 is 34.7 Å². The van der Waals surface area contributed by atoms with E-state index in [1.165, 1.54) is 11.8 Å². The zero-order valence-corrected chi connectivity index (χ0v) is 17.3. The van der Waals surface area contributed by atoms with E-state index in [1.54, 1.807) is 6.92 Å². The summed E-state index contributed by atoms with van der Waals surface area (Å²) < 4.78 is 11.0. The summed E-state index contributed by atoms with van der Waals surface area (Å²) >= 11 is 1.25. The number of carbonyl (C=O) groups is 2. The Kier molecular flexibility index (Phi) is 5.75. The molecule has 0 radical (unpaired) electrons. The summed E-state index contributed by atoms with van der Waals surface area (Å²) in [6.45, 7) is 3.89. The molecular formula is C20H21N5O4S. The lowest BCUT2D eigenvalue weighted by Crippen LogP contribution is -2.50. The quantitative estimate of drug-likeness (QED) is 0.391. The fraction of sp³-hybridized carbons (Fsp3) is 0.300. The summed E-state index contributed by atoms with van der Waals surface area (Å²) in [6.07, 6.45) is 2.40. The number of nitrogens with one attached hydrogen (secondary N) is 3. The maximum absolute atomic E-state index is 12.4. The highest BCUT2D eigenvalue weighted by Gasteiger charge is 2.31. The third-order valence-electron chi connectivity index (χ3n) is 4.71. The lowest BCUT2D eigenvalue weighted by atomic mass is 10.0. The SMILES string of the molecule is CCOC(=O)C1=C(CSc2nnc(-c3c[nH]c4ccccc34)o2)NC(=O)N[C@@H]1CC. The first kappa shape index (κ1) is 20.0. The smallest absolute Gasteiger partial charge is 0.337 e. The number of rotatable bonds is 7. The van der Waals surface area contributed by atoms with Crippen LogP contribution in [0.2, 0.25) is 0 Å². The van der Waals surface area contributed by atoms with Crippen LogP contribution in [0.5, 0.6) is 0 Å². The Bertz CT molecular complexity index is 1120. The lowest BCUT2D eigenvalue weighted by molar-refractivity contribution is -0.139. The van der Waals surface area contributed by atoms with E-state index in [0.717, 1.165) is 16.5 Å². The third-order valence-corrected chi connectivity index (χ3v) is 5.56. The fourth-order valence-electron chi connectivity index (χ4n) is 3.33. The summed E-state index contributed by atoms with van der Waals surface area (Å²) in [5.74, 6) is 0.237. The molecule has 2 amide bonds. The highest BCUT2D eigenvalue weighted by molar-refractivity contribution is 7.99. The van der Waals surface area contributed by atoms with Crippen molar-refractivity contribution in [3.05, 3.63) is 41.7 Å². The average Bonchev–Trinajstić information content (AvgIpc) is 3.38. The van der Waals surface area contributed by atoms with Crippen LogP contribution in [-0.4, -0.2) is 45.6 Å². The molecule has 0 unspecified atom stereocenters. The van der Waals surface area contributed by atoms with Crippen LogP contribution in [0.3, 0.4) is 0 Å². The van der Waals surface area contributed by atoms with Crippen LogP contribution >= 0.6 is 11.8 Å². The molecule has 2 aromatic heterocycles. The molecule has 0 bridgehead atoms. The molecule has 3 heterocycles. The van der Waals surface area contributed by atoms with Gasteiger partial charge < -0.3 is 24.8 Å². The standard InChI is InChI=1S/C20H21N5O4S/c1-3-13-16(18(26)28-4-2)15(23-19(27)22-13)10-30-20-25-24-17(29-20)12-9-21-14-8-6-5-7-11(12)14/h5-9,13,21H,3-4,10H2,1-2H3,(H2,22,23,27)/t13-/m1/s1. The zero-order valence-electron chi connectivity index (χ0n) is 16.5. The molecule has 1 aliphatic rings. The van der Waals surface area contributed by atoms with Crippen molar-refractivity contribution in [2.24, 2.45) is 0 Å². The van der Waals surface area contributed by atoms with Crippen molar-refractivity contribution in [2.75, 3.05) is 12.4 Å². The highest BCUT2D eigenvalue weighted by Crippen LogP contribution is 2.30. The molecule has 3 aromatic rings. The van der Waals surface area contributed by atoms with Gasteiger partial charge in [-0.15, -0.1) is 10.2 Å². The molecular weight excluding hydrogens is 406 g/mol. The van der Waals surface area contributed by atoms with Gasteiger partial charge in [0.2, 0.25) is 0 Å². The summed E-state index contributed by atoms with van der Waals surface area (Å²) in [6, 6.07) is 7.08. The maximum Gasteiger partial charge on any atom is 0.337 e. The minimum absolute atomic E-state index is 0.255. The summed E-state index contributed by atoms with van der Waals surface area (Å²) in [5, 5.41) is 15.0. The van der Waals surface area contributed by atoms with E-state index in [9.17, 15) is 9.59 Å². The van der Waals surface area contributed by atoms with Crippen molar-refractivity contribution in [3.63, 3.8) is 0 Å². The predicted molar refractivity (Wildman–Crippen MR) is 112 cm³/mol. The summed E-state index contributed by atoms with van der Waals surface area (Å²) in [7, 11) is 0. The van der Waals surface area contributed by atoms with Gasteiger partial charge in [0, 0.05) is 28.5 Å². The second-order valence-corrected chi connectivity index (χ2v) is 7.51. The van der Waals surface area contributed by atoms with Crippen molar-refractivity contribution in [1.82, 2.24) is 25.8 Å². The number of fused-ring (bicyclic) bond motifs is 1. The molecule has 9 nitrogen and oxygen atoms in total. The Morgan fingerprint density at radius 3 is 2.90 bits per heavy atom. The van der Waals surface area contributed by atoms with Gasteiger partial charge in [0.05, 0.1) is 23.8 Å². The van der Waals surface area contributed by atoms with Crippen molar-refractivity contribution < 1.29 is 18.7 Å². The lowest BCUT2D eigenvalue weighted by Gasteiger charge is -2.28. The minimum atomic E-state index is -0.447. The number of hydrogen-bond acceptors (Lipinski definition) is 7. The van der Waals surface area contributed by atoms with Crippen molar-refractivity contribution in [3.8, 4) is 11.5 Å². The van der Waals surface area contributed by atoms with Crippen LogP contribution in [0.4, 0.5) is 4.79 Å². The number of hydrogen-bond donors (Lipinski definition) is 3. The molecule has 4 rings (SSSR count). The highest BCUT2D eigenvalue weighted by atomic mass is 32.2. The molecule has 3 N–H and O–H groups in total. The molecule has 0 spiro atoms. The number of aromatic nitrogens is 3. The number of benzene rings is 1. The van der Waals surface area contributed by atoms with Crippen LogP contribution in [0, 0.1) is 0 Å². The molecule has 0 saturated carbocycles. The van der Waals surface area contributed by atoms with Crippen molar-refractivity contribution in [1.29, 1.82) is 0 Å². The number of aromatic amines is 1. The molecule has 1 aliphatic heterocycles. The molecule has 1 atom stereocenters. The number of carbonyl (C=O) groups excluding carboxylic acids is 2. The van der Waals surface area contributed by atoms with E-state index in [4.69, 9.17) is 9.15 Å². The molecule has 0 saturated heterocycles. The molecule has 0 aliphatic carbocycles. The first-order valence-electron chi connectivity index (χ1n) is 9.61. The number of nitrogens with zero attached hydrogens (tertiary/aromatic N) is 2. The van der Waals surface area contributed by atoms with Crippen LogP contribution in [0.15, 0.2) is 51.4 Å². The number of urea groups is 1. The first-order valence-corrected chi connectivity index (χ1v) is 10.6. The van der Waals surface area contributed by atoms with Crippen LogP contribution in [-0.2, 0) is 9.53 Å². The first-order chi connectivity index (χ1) is 14.6. The normalized spacial score (nSPS) is 16.5. The number of thioether (sulfide) groups is 1. The monoisotopic (exact) mass is 427 g/mol. The van der Waals surface area contributed by atoms with Gasteiger partial charge in [-0.05, 0) is 19.4 Å².